The SMILES string of the molecule is COc1ccc(CO[C@H]2CC(C)(C)Cc3nc(C4CCN(c5ncc(C6=CCCCC6)cn5)CC4)c(C(F)c4ccc(C(F)(F)F)cc4)c(C4CCC(F)(F)CC4)c32)cc1. The number of hydrogen-bond donors (Lipinski definition) is 0. The summed E-state index contributed by atoms with van der Waals surface area (Å²) in [6, 6.07) is 11.8. The lowest BCUT2D eigenvalue weighted by Crippen LogP contribution is -2.36. The Hall–Kier alpha value is -4.45. The first kappa shape index (κ1) is 42.2. The lowest BCUT2D eigenvalue weighted by molar-refractivity contribution is -0.137. The van der Waals surface area contributed by atoms with E-state index in [0.29, 0.717) is 67.3 Å². The lowest BCUT2D eigenvalue weighted by atomic mass is 9.68. The highest BCUT2D eigenvalue weighted by Crippen LogP contribution is 2.53. The summed E-state index contributed by atoms with van der Waals surface area (Å²) in [5.74, 6) is -2.11. The molecule has 1 aliphatic heterocycles. The summed E-state index contributed by atoms with van der Waals surface area (Å²) in [5.41, 5.74) is 5.26. The largest absolute Gasteiger partial charge is 0.497 e. The zero-order valence-corrected chi connectivity index (χ0v) is 34.6. The van der Waals surface area contributed by atoms with E-state index in [4.69, 9.17) is 24.4 Å². The van der Waals surface area contributed by atoms with E-state index in [2.05, 4.69) is 24.8 Å². The van der Waals surface area contributed by atoms with Gasteiger partial charge in [0.25, 0.3) is 0 Å². The number of methoxy groups -OCH3 is 1. The van der Waals surface area contributed by atoms with E-state index in [1.54, 1.807) is 7.11 Å². The molecule has 8 rings (SSSR count). The lowest BCUT2D eigenvalue weighted by Gasteiger charge is -2.42. The number of ether oxygens (including phenoxy) is 2. The van der Waals surface area contributed by atoms with Gasteiger partial charge in [0.15, 0.2) is 6.17 Å². The minimum absolute atomic E-state index is 0.0687. The molecule has 2 aromatic carbocycles. The van der Waals surface area contributed by atoms with E-state index in [0.717, 1.165) is 53.8 Å². The van der Waals surface area contributed by atoms with Crippen LogP contribution < -0.4 is 9.64 Å². The van der Waals surface area contributed by atoms with Crippen LogP contribution in [0.2, 0.25) is 0 Å². The smallest absolute Gasteiger partial charge is 0.416 e. The first-order valence-corrected chi connectivity index (χ1v) is 21.4. The molecule has 0 radical (unpaired) electrons. The fourth-order valence-electron chi connectivity index (χ4n) is 9.85. The molecule has 320 valence electrons. The third kappa shape index (κ3) is 9.23. The zero-order chi connectivity index (χ0) is 42.2. The van der Waals surface area contributed by atoms with Crippen LogP contribution in [0, 0.1) is 5.41 Å². The Kier molecular flexibility index (Phi) is 12.1. The number of allylic oxidation sites excluding steroid dienone is 2. The Morgan fingerprint density at radius 2 is 1.55 bits per heavy atom. The van der Waals surface area contributed by atoms with Gasteiger partial charge in [-0.3, -0.25) is 4.98 Å². The Bertz CT molecular complexity index is 2140. The Labute approximate surface area is 348 Å². The molecule has 12 heteroatoms. The summed E-state index contributed by atoms with van der Waals surface area (Å²) in [6.07, 6.45) is 5.54. The topological polar surface area (TPSA) is 60.4 Å². The molecule has 0 amide bonds. The maximum Gasteiger partial charge on any atom is 0.416 e. The zero-order valence-electron chi connectivity index (χ0n) is 34.6. The first-order chi connectivity index (χ1) is 28.7. The number of aromatic nitrogens is 3. The first-order valence-electron chi connectivity index (χ1n) is 21.4. The molecule has 0 N–H and O–H groups in total. The predicted molar refractivity (Wildman–Crippen MR) is 220 cm³/mol. The van der Waals surface area contributed by atoms with E-state index in [1.165, 1.54) is 24.1 Å². The van der Waals surface area contributed by atoms with Gasteiger partial charge in [-0.25, -0.2) is 23.1 Å². The molecule has 2 fully saturated rings. The average Bonchev–Trinajstić information content (AvgIpc) is 3.25. The number of nitrogens with zero attached hydrogens (tertiary/aromatic N) is 4. The number of rotatable bonds is 10. The molecular formula is C48H54F6N4O2. The van der Waals surface area contributed by atoms with Gasteiger partial charge in [0.2, 0.25) is 11.9 Å². The van der Waals surface area contributed by atoms with E-state index >= 15 is 4.39 Å². The molecule has 1 saturated heterocycles. The van der Waals surface area contributed by atoms with Crippen LogP contribution in [0.25, 0.3) is 5.57 Å². The van der Waals surface area contributed by atoms with Crippen LogP contribution in [0.15, 0.2) is 67.0 Å². The molecule has 2 aromatic heterocycles. The molecule has 60 heavy (non-hydrogen) atoms. The minimum atomic E-state index is -4.59. The number of halogens is 6. The van der Waals surface area contributed by atoms with Crippen molar-refractivity contribution in [1.82, 2.24) is 15.0 Å². The van der Waals surface area contributed by atoms with Crippen molar-refractivity contribution in [3.8, 4) is 5.75 Å². The van der Waals surface area contributed by atoms with E-state index in [-0.39, 0.29) is 49.2 Å². The van der Waals surface area contributed by atoms with Crippen molar-refractivity contribution in [1.29, 1.82) is 0 Å². The van der Waals surface area contributed by atoms with Gasteiger partial charge in [0.05, 0.1) is 31.1 Å². The van der Waals surface area contributed by atoms with E-state index in [9.17, 15) is 22.0 Å². The summed E-state index contributed by atoms with van der Waals surface area (Å²) < 4.78 is 101. The number of hydrogen-bond acceptors (Lipinski definition) is 6. The Morgan fingerprint density at radius 1 is 0.867 bits per heavy atom. The molecule has 4 aromatic rings. The van der Waals surface area contributed by atoms with Gasteiger partial charge >= 0.3 is 6.18 Å². The van der Waals surface area contributed by atoms with Gasteiger partial charge < -0.3 is 14.4 Å². The van der Waals surface area contributed by atoms with Crippen LogP contribution in [0.1, 0.15) is 159 Å². The van der Waals surface area contributed by atoms with Crippen molar-refractivity contribution < 1.29 is 35.8 Å². The molecule has 2 atom stereocenters. The summed E-state index contributed by atoms with van der Waals surface area (Å²) in [6.45, 7) is 5.74. The van der Waals surface area contributed by atoms with Crippen LogP contribution in [-0.4, -0.2) is 41.1 Å². The monoisotopic (exact) mass is 832 g/mol. The molecule has 6 nitrogen and oxygen atoms in total. The van der Waals surface area contributed by atoms with Crippen LogP contribution in [0.3, 0.4) is 0 Å². The second-order valence-electron chi connectivity index (χ2n) is 18.0. The van der Waals surface area contributed by atoms with Gasteiger partial charge in [-0.15, -0.1) is 0 Å². The third-order valence-electron chi connectivity index (χ3n) is 13.1. The van der Waals surface area contributed by atoms with Gasteiger partial charge in [-0.05, 0) is 122 Å². The van der Waals surface area contributed by atoms with Crippen LogP contribution >= 0.6 is 0 Å². The van der Waals surface area contributed by atoms with Crippen molar-refractivity contribution in [2.45, 2.75) is 134 Å². The van der Waals surface area contributed by atoms with Gasteiger partial charge in [-0.2, -0.15) is 13.2 Å². The maximum absolute atomic E-state index is 17.8. The van der Waals surface area contributed by atoms with Crippen molar-refractivity contribution >= 4 is 11.5 Å². The van der Waals surface area contributed by atoms with E-state index in [1.807, 2.05) is 36.7 Å². The number of piperidine rings is 1. The number of fused-ring (bicyclic) bond motifs is 1. The number of alkyl halides is 6. The van der Waals surface area contributed by atoms with Crippen LogP contribution in [0.4, 0.5) is 32.3 Å². The van der Waals surface area contributed by atoms with Gasteiger partial charge in [-0.1, -0.05) is 44.2 Å². The minimum Gasteiger partial charge on any atom is -0.497 e. The molecule has 3 heterocycles. The third-order valence-corrected chi connectivity index (χ3v) is 13.1. The van der Waals surface area contributed by atoms with Crippen molar-refractivity contribution in [2.24, 2.45) is 5.41 Å². The van der Waals surface area contributed by atoms with Gasteiger partial charge in [0.1, 0.15) is 5.75 Å². The fraction of sp³-hybridized carbons (Fsp3) is 0.521. The summed E-state index contributed by atoms with van der Waals surface area (Å²) >= 11 is 0. The highest BCUT2D eigenvalue weighted by atomic mass is 19.4. The van der Waals surface area contributed by atoms with Gasteiger partial charge in [0, 0.05) is 66.6 Å². The second kappa shape index (κ2) is 17.1. The highest BCUT2D eigenvalue weighted by molar-refractivity contribution is 5.65. The standard InChI is InChI=1S/C48H54F6N4O2/c1-46(2)25-38-41(39(26-46)60-29-30-9-15-37(59-3)16-10-30)40(32-17-21-47(50,51)22-18-32)42(43(49)33-11-13-36(14-12-33)48(52,53)54)44(57-38)34-19-23-58(24-20-34)45-55-27-35(28-56-45)31-7-5-4-6-8-31/h7,9-16,27-28,32,34,39,43H,4-6,8,17-26,29H2,1-3H3/t39-,43?/m0/s1. The molecular weight excluding hydrogens is 779 g/mol. The summed E-state index contributed by atoms with van der Waals surface area (Å²) in [4.78, 5) is 17.0. The highest BCUT2D eigenvalue weighted by Gasteiger charge is 2.44. The fourth-order valence-corrected chi connectivity index (χ4v) is 9.85. The Balaban J connectivity index is 1.20. The quantitative estimate of drug-likeness (QED) is 0.148. The number of anilines is 1. The molecule has 3 aliphatic carbocycles. The number of pyridine rings is 1. The average molecular weight is 833 g/mol. The second-order valence-corrected chi connectivity index (χ2v) is 18.0. The Morgan fingerprint density at radius 3 is 2.17 bits per heavy atom. The predicted octanol–water partition coefficient (Wildman–Crippen LogP) is 12.8. The van der Waals surface area contributed by atoms with Crippen LogP contribution in [-0.2, 0) is 23.9 Å². The molecule has 0 spiro atoms. The summed E-state index contributed by atoms with van der Waals surface area (Å²) in [7, 11) is 1.60. The number of benzene rings is 2. The normalized spacial score (nSPS) is 21.6. The van der Waals surface area contributed by atoms with Crippen molar-refractivity contribution in [2.75, 3.05) is 25.1 Å². The molecule has 4 aliphatic rings. The molecule has 0 bridgehead atoms. The summed E-state index contributed by atoms with van der Waals surface area (Å²) in [5, 5.41) is 0. The van der Waals surface area contributed by atoms with Crippen molar-refractivity contribution in [3.63, 3.8) is 0 Å². The van der Waals surface area contributed by atoms with Crippen LogP contribution in [0.5, 0.6) is 5.75 Å². The van der Waals surface area contributed by atoms with E-state index < -0.39 is 35.9 Å². The molecule has 1 saturated carbocycles. The van der Waals surface area contributed by atoms with Crippen molar-refractivity contribution in [3.05, 3.63) is 117 Å². The maximum atomic E-state index is 17.8. The molecule has 1 unspecified atom stereocenters.